The molecule has 0 N–H and O–H groups in total. The SMILES string of the molecule is [C-]#[N+]c1ccc(-n2c3cc(C)ccc3c3ccc(C)cc32)c(-c2cc(-c3nc(C)nc(C)n3)ccc2-n2c3cc(C)ccc3c3ccc(C)cc32)c1. The van der Waals surface area contributed by atoms with E-state index in [-0.39, 0.29) is 0 Å². The smallest absolute Gasteiger partial charge is 0.188 e. The van der Waals surface area contributed by atoms with Gasteiger partial charge in [0.15, 0.2) is 11.5 Å². The summed E-state index contributed by atoms with van der Waals surface area (Å²) in [5.41, 5.74) is 14.7. The van der Waals surface area contributed by atoms with Crippen molar-refractivity contribution in [3.63, 3.8) is 0 Å². The number of aromatic nitrogens is 5. The van der Waals surface area contributed by atoms with Crippen LogP contribution >= 0.6 is 0 Å². The van der Waals surface area contributed by atoms with Gasteiger partial charge in [-0.3, -0.25) is 0 Å². The van der Waals surface area contributed by atoms with E-state index < -0.39 is 0 Å². The average Bonchev–Trinajstić information content (AvgIpc) is 3.60. The summed E-state index contributed by atoms with van der Waals surface area (Å²) in [5, 5.41) is 4.78. The van der Waals surface area contributed by atoms with Gasteiger partial charge >= 0.3 is 0 Å². The number of nitrogens with zero attached hydrogens (tertiary/aromatic N) is 6. The fraction of sp³-hybridized carbons (Fsp3) is 0.130. The molecule has 0 fully saturated rings. The minimum atomic E-state index is 0.573. The van der Waals surface area contributed by atoms with E-state index in [4.69, 9.17) is 16.5 Å². The maximum absolute atomic E-state index is 8.13. The molecule has 3 heterocycles. The summed E-state index contributed by atoms with van der Waals surface area (Å²) < 4.78 is 4.77. The number of aryl methyl sites for hydroxylation is 6. The summed E-state index contributed by atoms with van der Waals surface area (Å²) in [5.74, 6) is 1.97. The van der Waals surface area contributed by atoms with Gasteiger partial charge in [0.05, 0.1) is 40.0 Å². The van der Waals surface area contributed by atoms with Crippen molar-refractivity contribution in [2.75, 3.05) is 0 Å². The Labute approximate surface area is 302 Å². The summed E-state index contributed by atoms with van der Waals surface area (Å²) in [7, 11) is 0. The molecule has 0 aliphatic heterocycles. The van der Waals surface area contributed by atoms with Crippen molar-refractivity contribution in [2.24, 2.45) is 0 Å². The summed E-state index contributed by atoms with van der Waals surface area (Å²) in [6, 6.07) is 39.3. The Morgan fingerprint density at radius 1 is 0.442 bits per heavy atom. The lowest BCUT2D eigenvalue weighted by atomic mass is 9.97. The monoisotopic (exact) mass is 672 g/mol. The van der Waals surface area contributed by atoms with E-state index in [0.29, 0.717) is 23.2 Å². The molecule has 6 nitrogen and oxygen atoms in total. The van der Waals surface area contributed by atoms with Gasteiger partial charge in [0.2, 0.25) is 0 Å². The number of fused-ring (bicyclic) bond motifs is 6. The van der Waals surface area contributed by atoms with E-state index in [9.17, 15) is 0 Å². The van der Waals surface area contributed by atoms with E-state index in [0.717, 1.165) is 50.1 Å². The third kappa shape index (κ3) is 4.97. The zero-order chi connectivity index (χ0) is 35.8. The quantitative estimate of drug-likeness (QED) is 0.175. The van der Waals surface area contributed by atoms with Gasteiger partial charge in [0, 0.05) is 32.7 Å². The van der Waals surface area contributed by atoms with Crippen LogP contribution in [-0.4, -0.2) is 24.1 Å². The van der Waals surface area contributed by atoms with E-state index >= 15 is 0 Å². The standard InChI is InChI=1S/C46H36N6/c1-26-8-14-34-35-15-9-27(2)21-43(35)51(42(34)20-26)40-18-12-32(46-49-30(5)48-31(6)50-46)24-38(40)39-25-33(47-7)13-19-41(39)52-44-22-28(3)10-16-36(44)37-17-11-29(4)23-45(37)52/h8-25H,1-6H3. The van der Waals surface area contributed by atoms with Crippen molar-refractivity contribution in [2.45, 2.75) is 41.5 Å². The van der Waals surface area contributed by atoms with Gasteiger partial charge in [-0.2, -0.15) is 0 Å². The highest BCUT2D eigenvalue weighted by molar-refractivity contribution is 6.12. The summed E-state index contributed by atoms with van der Waals surface area (Å²) in [4.78, 5) is 18.0. The molecule has 0 bridgehead atoms. The summed E-state index contributed by atoms with van der Waals surface area (Å²) in [6.45, 7) is 20.5. The Bertz CT molecular complexity index is 2850. The van der Waals surface area contributed by atoms with Gasteiger partial charge < -0.3 is 9.13 Å². The molecule has 9 aromatic rings. The van der Waals surface area contributed by atoms with Crippen LogP contribution in [0.15, 0.2) is 109 Å². The Hall–Kier alpha value is -6.58. The maximum atomic E-state index is 8.13. The molecule has 6 aromatic carbocycles. The lowest BCUT2D eigenvalue weighted by molar-refractivity contribution is 0.928. The fourth-order valence-electron chi connectivity index (χ4n) is 7.83. The van der Waals surface area contributed by atoms with Gasteiger partial charge in [0.1, 0.15) is 11.6 Å². The molecule has 0 aliphatic rings. The highest BCUT2D eigenvalue weighted by Crippen LogP contribution is 2.43. The van der Waals surface area contributed by atoms with Crippen molar-refractivity contribution in [3.05, 3.63) is 155 Å². The van der Waals surface area contributed by atoms with E-state index in [2.05, 4.69) is 144 Å². The van der Waals surface area contributed by atoms with Crippen molar-refractivity contribution < 1.29 is 0 Å². The van der Waals surface area contributed by atoms with Gasteiger partial charge in [-0.15, -0.1) is 0 Å². The average molecular weight is 673 g/mol. The molecule has 0 saturated heterocycles. The predicted octanol–water partition coefficient (Wildman–Crippen LogP) is 11.8. The molecule has 6 heteroatoms. The van der Waals surface area contributed by atoms with Crippen LogP contribution in [0.5, 0.6) is 0 Å². The molecule has 3 aromatic heterocycles. The van der Waals surface area contributed by atoms with Crippen LogP contribution in [0.25, 0.3) is 82.3 Å². The van der Waals surface area contributed by atoms with Crippen LogP contribution < -0.4 is 0 Å². The lowest BCUT2D eigenvalue weighted by Gasteiger charge is -2.20. The van der Waals surface area contributed by atoms with Crippen molar-refractivity contribution >= 4 is 49.3 Å². The third-order valence-corrected chi connectivity index (χ3v) is 10.2. The van der Waals surface area contributed by atoms with Crippen molar-refractivity contribution in [3.8, 4) is 33.9 Å². The molecule has 0 saturated carbocycles. The van der Waals surface area contributed by atoms with Crippen LogP contribution in [0, 0.1) is 48.1 Å². The topological polar surface area (TPSA) is 52.9 Å². The zero-order valence-corrected chi connectivity index (χ0v) is 30.1. The van der Waals surface area contributed by atoms with Crippen LogP contribution in [0.4, 0.5) is 5.69 Å². The normalized spacial score (nSPS) is 11.6. The van der Waals surface area contributed by atoms with E-state index in [1.807, 2.05) is 26.0 Å². The molecule has 9 rings (SSSR count). The summed E-state index contributed by atoms with van der Waals surface area (Å²) >= 11 is 0. The lowest BCUT2D eigenvalue weighted by Crippen LogP contribution is -2.03. The van der Waals surface area contributed by atoms with Crippen molar-refractivity contribution in [1.29, 1.82) is 0 Å². The van der Waals surface area contributed by atoms with Crippen LogP contribution in [0.1, 0.15) is 33.9 Å². The molecule has 0 unspecified atom stereocenters. The first-order valence-electron chi connectivity index (χ1n) is 17.6. The van der Waals surface area contributed by atoms with Gasteiger partial charge in [-0.05, 0) is 124 Å². The molecule has 0 spiro atoms. The Balaban J connectivity index is 1.45. The van der Waals surface area contributed by atoms with Crippen LogP contribution in [-0.2, 0) is 0 Å². The van der Waals surface area contributed by atoms with Gasteiger partial charge in [-0.25, -0.2) is 19.8 Å². The molecular formula is C46H36N6. The number of rotatable bonds is 4. The Morgan fingerprint density at radius 2 is 0.846 bits per heavy atom. The zero-order valence-electron chi connectivity index (χ0n) is 30.1. The third-order valence-electron chi connectivity index (χ3n) is 10.2. The van der Waals surface area contributed by atoms with E-state index in [1.54, 1.807) is 0 Å². The number of benzene rings is 6. The van der Waals surface area contributed by atoms with Crippen LogP contribution in [0.2, 0.25) is 0 Å². The first-order chi connectivity index (χ1) is 25.2. The second-order valence-electron chi connectivity index (χ2n) is 14.1. The molecular weight excluding hydrogens is 637 g/mol. The van der Waals surface area contributed by atoms with Gasteiger partial charge in [-0.1, -0.05) is 54.6 Å². The molecule has 52 heavy (non-hydrogen) atoms. The number of hydrogen-bond donors (Lipinski definition) is 0. The second-order valence-corrected chi connectivity index (χ2v) is 14.1. The van der Waals surface area contributed by atoms with E-state index in [1.165, 1.54) is 43.8 Å². The Kier molecular flexibility index (Phi) is 7.10. The van der Waals surface area contributed by atoms with Gasteiger partial charge in [0.25, 0.3) is 0 Å². The predicted molar refractivity (Wildman–Crippen MR) is 214 cm³/mol. The van der Waals surface area contributed by atoms with Crippen molar-refractivity contribution in [1.82, 2.24) is 24.1 Å². The molecule has 0 amide bonds. The molecule has 0 atom stereocenters. The number of hydrogen-bond acceptors (Lipinski definition) is 3. The molecule has 0 aliphatic carbocycles. The molecule has 0 radical (unpaired) electrons. The minimum Gasteiger partial charge on any atom is -0.309 e. The highest BCUT2D eigenvalue weighted by Gasteiger charge is 2.22. The second kappa shape index (κ2) is 11.8. The molecule has 250 valence electrons. The largest absolute Gasteiger partial charge is 0.309 e. The first-order valence-corrected chi connectivity index (χ1v) is 17.6. The highest BCUT2D eigenvalue weighted by atomic mass is 15.0. The first kappa shape index (κ1) is 31.4. The maximum Gasteiger partial charge on any atom is 0.188 e. The minimum absolute atomic E-state index is 0.573. The fourth-order valence-corrected chi connectivity index (χ4v) is 7.83. The van der Waals surface area contributed by atoms with Crippen LogP contribution in [0.3, 0.4) is 0 Å². The summed E-state index contributed by atoms with van der Waals surface area (Å²) in [6.07, 6.45) is 0. The Morgan fingerprint density at radius 3 is 1.27 bits per heavy atom.